The van der Waals surface area contributed by atoms with Gasteiger partial charge in [0.2, 0.25) is 11.8 Å². The SMILES string of the molecule is CCN(CC)c1ccc(NC(=O)CN(CC(C)C)C(C)=O)c(C)c1. The van der Waals surface area contributed by atoms with E-state index in [0.717, 1.165) is 30.0 Å². The van der Waals surface area contributed by atoms with E-state index in [2.05, 4.69) is 30.1 Å². The van der Waals surface area contributed by atoms with Gasteiger partial charge in [0, 0.05) is 37.9 Å². The number of rotatable bonds is 8. The molecule has 2 amide bonds. The van der Waals surface area contributed by atoms with Gasteiger partial charge in [0.15, 0.2) is 0 Å². The van der Waals surface area contributed by atoms with Gasteiger partial charge in [0.25, 0.3) is 0 Å². The summed E-state index contributed by atoms with van der Waals surface area (Å²) in [5.41, 5.74) is 2.97. The Morgan fingerprint density at radius 3 is 2.25 bits per heavy atom. The number of anilines is 2. The molecule has 0 aromatic heterocycles. The first-order chi connectivity index (χ1) is 11.3. The monoisotopic (exact) mass is 333 g/mol. The maximum atomic E-state index is 12.3. The fraction of sp³-hybridized carbons (Fsp3) is 0.579. The van der Waals surface area contributed by atoms with Crippen LogP contribution in [0.1, 0.15) is 40.2 Å². The minimum Gasteiger partial charge on any atom is -0.372 e. The van der Waals surface area contributed by atoms with Crippen LogP contribution in [-0.2, 0) is 9.59 Å². The van der Waals surface area contributed by atoms with E-state index in [4.69, 9.17) is 0 Å². The quantitative estimate of drug-likeness (QED) is 0.794. The van der Waals surface area contributed by atoms with Gasteiger partial charge in [-0.05, 0) is 50.5 Å². The maximum absolute atomic E-state index is 12.3. The largest absolute Gasteiger partial charge is 0.372 e. The molecule has 5 heteroatoms. The molecule has 0 aliphatic rings. The summed E-state index contributed by atoms with van der Waals surface area (Å²) in [5.74, 6) is 0.0915. The van der Waals surface area contributed by atoms with Gasteiger partial charge in [-0.15, -0.1) is 0 Å². The van der Waals surface area contributed by atoms with Crippen molar-refractivity contribution in [1.82, 2.24) is 4.90 Å². The van der Waals surface area contributed by atoms with Crippen molar-refractivity contribution in [2.24, 2.45) is 5.92 Å². The molecule has 0 aliphatic heterocycles. The lowest BCUT2D eigenvalue weighted by atomic mass is 10.1. The zero-order chi connectivity index (χ0) is 18.3. The van der Waals surface area contributed by atoms with Gasteiger partial charge >= 0.3 is 0 Å². The number of carbonyl (C=O) groups is 2. The summed E-state index contributed by atoms with van der Waals surface area (Å²) in [6.07, 6.45) is 0. The lowest BCUT2D eigenvalue weighted by molar-refractivity contribution is -0.133. The van der Waals surface area contributed by atoms with E-state index in [1.165, 1.54) is 6.92 Å². The number of nitrogens with one attached hydrogen (secondary N) is 1. The lowest BCUT2D eigenvalue weighted by Gasteiger charge is -2.24. The molecule has 0 atom stereocenters. The number of carbonyl (C=O) groups excluding carboxylic acids is 2. The Hall–Kier alpha value is -2.04. The average Bonchev–Trinajstić information content (AvgIpc) is 2.50. The van der Waals surface area contributed by atoms with E-state index in [-0.39, 0.29) is 18.4 Å². The van der Waals surface area contributed by atoms with Crippen molar-refractivity contribution in [2.45, 2.75) is 41.5 Å². The van der Waals surface area contributed by atoms with E-state index in [1.807, 2.05) is 32.9 Å². The first-order valence-corrected chi connectivity index (χ1v) is 8.69. The molecule has 0 aliphatic carbocycles. The van der Waals surface area contributed by atoms with Crippen LogP contribution in [-0.4, -0.2) is 42.9 Å². The molecule has 1 aromatic carbocycles. The molecule has 0 bridgehead atoms. The highest BCUT2D eigenvalue weighted by Crippen LogP contribution is 2.22. The molecular formula is C19H31N3O2. The van der Waals surface area contributed by atoms with Gasteiger partial charge < -0.3 is 15.1 Å². The van der Waals surface area contributed by atoms with Crippen LogP contribution in [0.2, 0.25) is 0 Å². The molecule has 0 saturated carbocycles. The second-order valence-corrected chi connectivity index (χ2v) is 6.51. The van der Waals surface area contributed by atoms with Crippen molar-refractivity contribution in [3.63, 3.8) is 0 Å². The maximum Gasteiger partial charge on any atom is 0.244 e. The molecule has 0 unspecified atom stereocenters. The normalized spacial score (nSPS) is 10.6. The third kappa shape index (κ3) is 5.87. The van der Waals surface area contributed by atoms with Crippen LogP contribution in [0.5, 0.6) is 0 Å². The number of amides is 2. The molecule has 0 fully saturated rings. The van der Waals surface area contributed by atoms with Crippen molar-refractivity contribution in [2.75, 3.05) is 36.4 Å². The molecule has 24 heavy (non-hydrogen) atoms. The van der Waals surface area contributed by atoms with Crippen LogP contribution in [0.15, 0.2) is 18.2 Å². The second kappa shape index (κ2) is 9.30. The van der Waals surface area contributed by atoms with E-state index < -0.39 is 0 Å². The molecule has 0 spiro atoms. The Labute approximate surface area is 146 Å². The van der Waals surface area contributed by atoms with Crippen molar-refractivity contribution in [3.8, 4) is 0 Å². The van der Waals surface area contributed by atoms with Crippen LogP contribution in [0.4, 0.5) is 11.4 Å². The van der Waals surface area contributed by atoms with Gasteiger partial charge in [-0.25, -0.2) is 0 Å². The predicted molar refractivity (Wildman–Crippen MR) is 100 cm³/mol. The number of nitrogens with zero attached hydrogens (tertiary/aromatic N) is 2. The fourth-order valence-electron chi connectivity index (χ4n) is 2.68. The minimum atomic E-state index is -0.162. The summed E-state index contributed by atoms with van der Waals surface area (Å²) in [4.78, 5) is 27.8. The topological polar surface area (TPSA) is 52.7 Å². The zero-order valence-corrected chi connectivity index (χ0v) is 15.8. The summed E-state index contributed by atoms with van der Waals surface area (Å²) in [6, 6.07) is 6.04. The number of hydrogen-bond acceptors (Lipinski definition) is 3. The van der Waals surface area contributed by atoms with Gasteiger partial charge in [-0.1, -0.05) is 13.8 Å². The van der Waals surface area contributed by atoms with Crippen LogP contribution in [0, 0.1) is 12.8 Å². The number of hydrogen-bond donors (Lipinski definition) is 1. The fourth-order valence-corrected chi connectivity index (χ4v) is 2.68. The third-order valence-electron chi connectivity index (χ3n) is 3.98. The third-order valence-corrected chi connectivity index (χ3v) is 3.98. The van der Waals surface area contributed by atoms with Crippen LogP contribution in [0.25, 0.3) is 0 Å². The first-order valence-electron chi connectivity index (χ1n) is 8.69. The van der Waals surface area contributed by atoms with Crippen LogP contribution in [0.3, 0.4) is 0 Å². The van der Waals surface area contributed by atoms with Crippen molar-refractivity contribution in [1.29, 1.82) is 0 Å². The first kappa shape index (κ1) is 20.0. The number of benzene rings is 1. The molecule has 134 valence electrons. The summed E-state index contributed by atoms with van der Waals surface area (Å²) in [6.45, 7) is 14.4. The lowest BCUT2D eigenvalue weighted by Crippen LogP contribution is -2.38. The Kier molecular flexibility index (Phi) is 7.75. The van der Waals surface area contributed by atoms with Gasteiger partial charge in [0.05, 0.1) is 6.54 Å². The van der Waals surface area contributed by atoms with Crippen LogP contribution >= 0.6 is 0 Å². The zero-order valence-electron chi connectivity index (χ0n) is 15.8. The van der Waals surface area contributed by atoms with Crippen LogP contribution < -0.4 is 10.2 Å². The molecular weight excluding hydrogens is 302 g/mol. The second-order valence-electron chi connectivity index (χ2n) is 6.51. The highest BCUT2D eigenvalue weighted by molar-refractivity contribution is 5.95. The van der Waals surface area contributed by atoms with Gasteiger partial charge in [-0.2, -0.15) is 0 Å². The van der Waals surface area contributed by atoms with Gasteiger partial charge in [-0.3, -0.25) is 9.59 Å². The summed E-state index contributed by atoms with van der Waals surface area (Å²) < 4.78 is 0. The highest BCUT2D eigenvalue weighted by Gasteiger charge is 2.15. The Bertz CT molecular complexity index is 566. The molecule has 5 nitrogen and oxygen atoms in total. The van der Waals surface area contributed by atoms with E-state index >= 15 is 0 Å². The van der Waals surface area contributed by atoms with Crippen molar-refractivity contribution in [3.05, 3.63) is 23.8 Å². The summed E-state index contributed by atoms with van der Waals surface area (Å²) >= 11 is 0. The van der Waals surface area contributed by atoms with E-state index in [9.17, 15) is 9.59 Å². The Balaban J connectivity index is 2.78. The number of aryl methyl sites for hydroxylation is 1. The van der Waals surface area contributed by atoms with Crippen molar-refractivity contribution < 1.29 is 9.59 Å². The molecule has 0 radical (unpaired) electrons. The van der Waals surface area contributed by atoms with Crippen molar-refractivity contribution >= 4 is 23.2 Å². The minimum absolute atomic E-state index is 0.0764. The molecule has 1 N–H and O–H groups in total. The standard InChI is InChI=1S/C19H31N3O2/c1-7-21(8-2)17-9-10-18(15(5)11-17)20-19(24)13-22(16(6)23)12-14(3)4/h9-11,14H,7-8,12-13H2,1-6H3,(H,20,24). The van der Waals surface area contributed by atoms with E-state index in [0.29, 0.717) is 12.5 Å². The summed E-state index contributed by atoms with van der Waals surface area (Å²) in [7, 11) is 0. The van der Waals surface area contributed by atoms with E-state index in [1.54, 1.807) is 4.90 Å². The predicted octanol–water partition coefficient (Wildman–Crippen LogP) is 3.28. The highest BCUT2D eigenvalue weighted by atomic mass is 16.2. The average molecular weight is 333 g/mol. The molecule has 0 heterocycles. The van der Waals surface area contributed by atoms with Gasteiger partial charge in [0.1, 0.15) is 0 Å². The summed E-state index contributed by atoms with van der Waals surface area (Å²) in [5, 5.41) is 2.92. The Morgan fingerprint density at radius 1 is 1.17 bits per heavy atom. The Morgan fingerprint density at radius 2 is 1.79 bits per heavy atom. The molecule has 0 saturated heterocycles. The smallest absolute Gasteiger partial charge is 0.244 e. The molecule has 1 aromatic rings. The molecule has 1 rings (SSSR count).